The fourth-order valence-electron chi connectivity index (χ4n) is 1.64. The third kappa shape index (κ3) is 3.73. The van der Waals surface area contributed by atoms with Crippen LogP contribution in [0.1, 0.15) is 23.7 Å². The Morgan fingerprint density at radius 3 is 2.74 bits per heavy atom. The second-order valence-corrected chi connectivity index (χ2v) is 4.19. The van der Waals surface area contributed by atoms with Gasteiger partial charge in [0, 0.05) is 17.7 Å². The number of aliphatic hydroxyl groups excluding tert-OH is 1. The SMILES string of the molecule is COC(=O)CC(N)C(O)c1ccc(C)c([N+](=O)[O-])c1. The maximum atomic E-state index is 11.1. The van der Waals surface area contributed by atoms with Crippen LogP contribution in [0.25, 0.3) is 0 Å². The summed E-state index contributed by atoms with van der Waals surface area (Å²) in [5.74, 6) is -0.548. The summed E-state index contributed by atoms with van der Waals surface area (Å²) >= 11 is 0. The molecule has 2 unspecified atom stereocenters. The lowest BCUT2D eigenvalue weighted by Gasteiger charge is -2.18. The van der Waals surface area contributed by atoms with Gasteiger partial charge in [-0.25, -0.2) is 0 Å². The van der Waals surface area contributed by atoms with Crippen molar-refractivity contribution >= 4 is 11.7 Å². The molecule has 2 atom stereocenters. The van der Waals surface area contributed by atoms with Gasteiger partial charge in [0.15, 0.2) is 0 Å². The highest BCUT2D eigenvalue weighted by Gasteiger charge is 2.22. The number of aryl methyl sites for hydroxylation is 1. The predicted octanol–water partition coefficient (Wildman–Crippen LogP) is 0.827. The van der Waals surface area contributed by atoms with Crippen molar-refractivity contribution in [2.24, 2.45) is 5.73 Å². The van der Waals surface area contributed by atoms with Gasteiger partial charge in [0.25, 0.3) is 5.69 Å². The smallest absolute Gasteiger partial charge is 0.307 e. The van der Waals surface area contributed by atoms with Gasteiger partial charge in [-0.15, -0.1) is 0 Å². The van der Waals surface area contributed by atoms with Crippen molar-refractivity contribution in [2.45, 2.75) is 25.5 Å². The van der Waals surface area contributed by atoms with Crippen molar-refractivity contribution in [1.29, 1.82) is 0 Å². The molecule has 0 aliphatic rings. The highest BCUT2D eigenvalue weighted by molar-refractivity contribution is 5.70. The first-order chi connectivity index (χ1) is 8.86. The number of carbonyl (C=O) groups is 1. The Kier molecular flexibility index (Phi) is 4.96. The van der Waals surface area contributed by atoms with Gasteiger partial charge in [-0.05, 0) is 12.5 Å². The molecular weight excluding hydrogens is 252 g/mol. The first kappa shape index (κ1) is 15.1. The van der Waals surface area contributed by atoms with Crippen LogP contribution in [0, 0.1) is 17.0 Å². The van der Waals surface area contributed by atoms with E-state index in [4.69, 9.17) is 5.73 Å². The minimum atomic E-state index is -1.17. The number of nitrogens with zero attached hydrogens (tertiary/aromatic N) is 1. The normalized spacial score (nSPS) is 13.7. The summed E-state index contributed by atoms with van der Waals surface area (Å²) < 4.78 is 4.45. The largest absolute Gasteiger partial charge is 0.469 e. The van der Waals surface area contributed by atoms with Crippen molar-refractivity contribution in [1.82, 2.24) is 0 Å². The maximum Gasteiger partial charge on any atom is 0.307 e. The molecule has 0 aliphatic heterocycles. The lowest BCUT2D eigenvalue weighted by atomic mass is 9.98. The molecule has 0 bridgehead atoms. The van der Waals surface area contributed by atoms with Crippen LogP contribution in [0.3, 0.4) is 0 Å². The molecular formula is C12H16N2O5. The number of benzene rings is 1. The van der Waals surface area contributed by atoms with Crippen molar-refractivity contribution in [3.05, 3.63) is 39.4 Å². The zero-order valence-electron chi connectivity index (χ0n) is 10.7. The Balaban J connectivity index is 2.93. The fourth-order valence-corrected chi connectivity index (χ4v) is 1.64. The number of ether oxygens (including phenoxy) is 1. The summed E-state index contributed by atoms with van der Waals surface area (Å²) in [6.45, 7) is 1.60. The highest BCUT2D eigenvalue weighted by atomic mass is 16.6. The number of carbonyl (C=O) groups excluding carboxylic acids is 1. The van der Waals surface area contributed by atoms with Crippen LogP contribution in [-0.2, 0) is 9.53 Å². The molecule has 0 aliphatic carbocycles. The van der Waals surface area contributed by atoms with Crippen LogP contribution in [-0.4, -0.2) is 29.2 Å². The van der Waals surface area contributed by atoms with E-state index in [1.807, 2.05) is 0 Å². The maximum absolute atomic E-state index is 11.1. The number of hydrogen-bond acceptors (Lipinski definition) is 6. The molecule has 1 aromatic carbocycles. The number of rotatable bonds is 5. The Morgan fingerprint density at radius 2 is 2.21 bits per heavy atom. The number of nitro groups is 1. The average Bonchev–Trinajstić information content (AvgIpc) is 2.37. The summed E-state index contributed by atoms with van der Waals surface area (Å²) in [6, 6.07) is 3.46. The van der Waals surface area contributed by atoms with E-state index in [1.54, 1.807) is 13.0 Å². The minimum absolute atomic E-state index is 0.0955. The zero-order valence-corrected chi connectivity index (χ0v) is 10.7. The number of esters is 1. The lowest BCUT2D eigenvalue weighted by molar-refractivity contribution is -0.385. The molecule has 0 aromatic heterocycles. The third-order valence-electron chi connectivity index (χ3n) is 2.81. The number of methoxy groups -OCH3 is 1. The van der Waals surface area contributed by atoms with E-state index in [0.717, 1.165) is 0 Å². The molecule has 0 saturated carbocycles. The van der Waals surface area contributed by atoms with Gasteiger partial charge in [0.2, 0.25) is 0 Å². The molecule has 1 rings (SSSR count). The first-order valence-electron chi connectivity index (χ1n) is 5.62. The van der Waals surface area contributed by atoms with Gasteiger partial charge in [-0.3, -0.25) is 14.9 Å². The topological polar surface area (TPSA) is 116 Å². The molecule has 0 amide bonds. The van der Waals surface area contributed by atoms with E-state index in [-0.39, 0.29) is 12.1 Å². The summed E-state index contributed by atoms with van der Waals surface area (Å²) in [4.78, 5) is 21.3. The van der Waals surface area contributed by atoms with Gasteiger partial charge >= 0.3 is 5.97 Å². The number of hydrogen-bond donors (Lipinski definition) is 2. The van der Waals surface area contributed by atoms with Crippen molar-refractivity contribution in [3.8, 4) is 0 Å². The Bertz CT molecular complexity index is 489. The lowest BCUT2D eigenvalue weighted by Crippen LogP contribution is -2.31. The average molecular weight is 268 g/mol. The van der Waals surface area contributed by atoms with Crippen LogP contribution in [0.2, 0.25) is 0 Å². The first-order valence-corrected chi connectivity index (χ1v) is 5.62. The van der Waals surface area contributed by atoms with Gasteiger partial charge in [0.05, 0.1) is 24.6 Å². The molecule has 0 radical (unpaired) electrons. The molecule has 3 N–H and O–H groups in total. The van der Waals surface area contributed by atoms with Crippen molar-refractivity contribution < 1.29 is 19.6 Å². The van der Waals surface area contributed by atoms with E-state index in [2.05, 4.69) is 4.74 Å². The predicted molar refractivity (Wildman–Crippen MR) is 67.4 cm³/mol. The van der Waals surface area contributed by atoms with E-state index in [1.165, 1.54) is 19.2 Å². The molecule has 104 valence electrons. The molecule has 0 fully saturated rings. The second-order valence-electron chi connectivity index (χ2n) is 4.19. The Labute approximate surface area is 110 Å². The summed E-state index contributed by atoms with van der Waals surface area (Å²) in [5.41, 5.74) is 6.36. The molecule has 7 heteroatoms. The Morgan fingerprint density at radius 1 is 1.58 bits per heavy atom. The van der Waals surface area contributed by atoms with Crippen molar-refractivity contribution in [3.63, 3.8) is 0 Å². The van der Waals surface area contributed by atoms with Crippen LogP contribution in [0.15, 0.2) is 18.2 Å². The fraction of sp³-hybridized carbons (Fsp3) is 0.417. The van der Waals surface area contributed by atoms with Crippen LogP contribution in [0.4, 0.5) is 5.69 Å². The molecule has 0 saturated heterocycles. The minimum Gasteiger partial charge on any atom is -0.469 e. The monoisotopic (exact) mass is 268 g/mol. The van der Waals surface area contributed by atoms with Gasteiger partial charge in [0.1, 0.15) is 0 Å². The summed E-state index contributed by atoms with van der Waals surface area (Å²) in [7, 11) is 1.22. The highest BCUT2D eigenvalue weighted by Crippen LogP contribution is 2.25. The Hall–Kier alpha value is -1.99. The summed E-state index contributed by atoms with van der Waals surface area (Å²) in [5, 5.41) is 20.8. The van der Waals surface area contributed by atoms with Gasteiger partial charge < -0.3 is 15.6 Å². The second kappa shape index (κ2) is 6.26. The quantitative estimate of drug-likeness (QED) is 0.464. The molecule has 7 nitrogen and oxygen atoms in total. The van der Waals surface area contributed by atoms with Crippen LogP contribution < -0.4 is 5.73 Å². The van der Waals surface area contributed by atoms with E-state index >= 15 is 0 Å². The molecule has 19 heavy (non-hydrogen) atoms. The van der Waals surface area contributed by atoms with Gasteiger partial charge in [-0.1, -0.05) is 12.1 Å². The number of nitrogens with two attached hydrogens (primary N) is 1. The van der Waals surface area contributed by atoms with Crippen LogP contribution in [0.5, 0.6) is 0 Å². The van der Waals surface area contributed by atoms with E-state index in [0.29, 0.717) is 11.1 Å². The standard InChI is InChI=1S/C12H16N2O5/c1-7-3-4-8(5-10(7)14(17)18)12(16)9(13)6-11(15)19-2/h3-5,9,12,16H,6,13H2,1-2H3. The summed E-state index contributed by atoms with van der Waals surface area (Å²) in [6.07, 6.45) is -1.34. The molecule has 1 aromatic rings. The van der Waals surface area contributed by atoms with Gasteiger partial charge in [-0.2, -0.15) is 0 Å². The number of aliphatic hydroxyl groups is 1. The van der Waals surface area contributed by atoms with E-state index < -0.39 is 23.0 Å². The van der Waals surface area contributed by atoms with Crippen molar-refractivity contribution in [2.75, 3.05) is 7.11 Å². The number of nitro benzene ring substituents is 1. The van der Waals surface area contributed by atoms with Crippen LogP contribution >= 0.6 is 0 Å². The molecule has 0 heterocycles. The third-order valence-corrected chi connectivity index (χ3v) is 2.81. The molecule has 0 spiro atoms. The van der Waals surface area contributed by atoms with E-state index in [9.17, 15) is 20.0 Å². The zero-order chi connectivity index (χ0) is 14.6.